The van der Waals surface area contributed by atoms with E-state index in [4.69, 9.17) is 9.47 Å². The average Bonchev–Trinajstić information content (AvgIpc) is 2.65. The number of benzene rings is 2. The third-order valence-corrected chi connectivity index (χ3v) is 5.71. The largest absolute Gasteiger partial charge is 0.493 e. The lowest BCUT2D eigenvalue weighted by Gasteiger charge is -2.21. The van der Waals surface area contributed by atoms with Crippen LogP contribution in [0.3, 0.4) is 0 Å². The molecular weight excluding hydrogens is 354 g/mol. The highest BCUT2D eigenvalue weighted by molar-refractivity contribution is 7.91. The SMILES string of the molecule is COc1ccc(CN(CCS(=O)(=O)c2ccccc2)C(C)=O)cc1OC. The summed E-state index contributed by atoms with van der Waals surface area (Å²) in [4.78, 5) is 13.7. The number of sulfone groups is 1. The number of rotatable bonds is 8. The quantitative estimate of drug-likeness (QED) is 0.707. The Morgan fingerprint density at radius 1 is 1.00 bits per heavy atom. The third-order valence-electron chi connectivity index (χ3n) is 4.00. The van der Waals surface area contributed by atoms with Crippen LogP contribution < -0.4 is 9.47 Å². The zero-order chi connectivity index (χ0) is 19.2. The minimum absolute atomic E-state index is 0.112. The fourth-order valence-electron chi connectivity index (χ4n) is 2.52. The fraction of sp³-hybridized carbons (Fsp3) is 0.316. The summed E-state index contributed by atoms with van der Waals surface area (Å²) < 4.78 is 35.3. The lowest BCUT2D eigenvalue weighted by Crippen LogP contribution is -2.33. The van der Waals surface area contributed by atoms with Crippen LogP contribution in [-0.2, 0) is 21.2 Å². The van der Waals surface area contributed by atoms with E-state index in [1.165, 1.54) is 18.9 Å². The van der Waals surface area contributed by atoms with Crippen molar-refractivity contribution < 1.29 is 22.7 Å². The molecule has 0 aliphatic carbocycles. The van der Waals surface area contributed by atoms with Gasteiger partial charge in [0.1, 0.15) is 0 Å². The molecule has 0 aromatic heterocycles. The predicted octanol–water partition coefficient (Wildman–Crippen LogP) is 2.53. The number of carbonyl (C=O) groups is 1. The predicted molar refractivity (Wildman–Crippen MR) is 99.1 cm³/mol. The van der Waals surface area contributed by atoms with Crippen LogP contribution in [-0.4, -0.2) is 45.7 Å². The molecule has 0 radical (unpaired) electrons. The van der Waals surface area contributed by atoms with E-state index in [9.17, 15) is 13.2 Å². The Kier molecular flexibility index (Phi) is 6.63. The molecule has 140 valence electrons. The highest BCUT2D eigenvalue weighted by atomic mass is 32.2. The van der Waals surface area contributed by atoms with Crippen molar-refractivity contribution in [1.29, 1.82) is 0 Å². The molecular formula is C19H23NO5S. The molecule has 0 heterocycles. The summed E-state index contributed by atoms with van der Waals surface area (Å²) in [6, 6.07) is 13.6. The summed E-state index contributed by atoms with van der Waals surface area (Å²) >= 11 is 0. The second kappa shape index (κ2) is 8.71. The molecule has 1 amide bonds. The number of hydrogen-bond acceptors (Lipinski definition) is 5. The maximum Gasteiger partial charge on any atom is 0.219 e. The molecule has 2 aromatic carbocycles. The number of amides is 1. The first-order valence-corrected chi connectivity index (χ1v) is 9.77. The normalized spacial score (nSPS) is 11.0. The Morgan fingerprint density at radius 3 is 2.23 bits per heavy atom. The van der Waals surface area contributed by atoms with Gasteiger partial charge >= 0.3 is 0 Å². The van der Waals surface area contributed by atoms with Crippen molar-refractivity contribution in [2.75, 3.05) is 26.5 Å². The Bertz CT molecular complexity index is 849. The van der Waals surface area contributed by atoms with Crippen LogP contribution in [0.4, 0.5) is 0 Å². The summed E-state index contributed by atoms with van der Waals surface area (Å²) in [5.74, 6) is 0.829. The van der Waals surface area contributed by atoms with Gasteiger partial charge in [-0.3, -0.25) is 4.79 Å². The summed E-state index contributed by atoms with van der Waals surface area (Å²) in [7, 11) is -0.355. The van der Waals surface area contributed by atoms with Crippen molar-refractivity contribution in [2.45, 2.75) is 18.4 Å². The van der Waals surface area contributed by atoms with Crippen molar-refractivity contribution in [3.63, 3.8) is 0 Å². The first-order chi connectivity index (χ1) is 12.4. The zero-order valence-corrected chi connectivity index (χ0v) is 16.0. The van der Waals surface area contributed by atoms with Gasteiger partial charge in [-0.15, -0.1) is 0 Å². The van der Waals surface area contributed by atoms with Crippen LogP contribution in [0.5, 0.6) is 11.5 Å². The van der Waals surface area contributed by atoms with Crippen molar-refractivity contribution in [2.24, 2.45) is 0 Å². The molecule has 26 heavy (non-hydrogen) atoms. The van der Waals surface area contributed by atoms with E-state index in [1.54, 1.807) is 49.6 Å². The highest BCUT2D eigenvalue weighted by Crippen LogP contribution is 2.28. The van der Waals surface area contributed by atoms with Gasteiger partial charge in [0, 0.05) is 20.0 Å². The van der Waals surface area contributed by atoms with E-state index in [1.807, 2.05) is 6.07 Å². The van der Waals surface area contributed by atoms with Gasteiger partial charge < -0.3 is 14.4 Å². The van der Waals surface area contributed by atoms with Gasteiger partial charge in [-0.05, 0) is 29.8 Å². The van der Waals surface area contributed by atoms with Gasteiger partial charge in [0.25, 0.3) is 0 Å². The molecule has 0 bridgehead atoms. The molecule has 0 unspecified atom stereocenters. The standard InChI is InChI=1S/C19H23NO5S/c1-15(21)20(11-12-26(22,23)17-7-5-4-6-8-17)14-16-9-10-18(24-2)19(13-16)25-3/h4-10,13H,11-12,14H2,1-3H3. The van der Waals surface area contributed by atoms with Crippen molar-refractivity contribution >= 4 is 15.7 Å². The second-order valence-electron chi connectivity index (χ2n) is 5.76. The van der Waals surface area contributed by atoms with Gasteiger partial charge in [-0.1, -0.05) is 24.3 Å². The maximum atomic E-state index is 12.4. The van der Waals surface area contributed by atoms with E-state index < -0.39 is 9.84 Å². The van der Waals surface area contributed by atoms with Gasteiger partial charge in [-0.25, -0.2) is 8.42 Å². The molecule has 0 aliphatic rings. The lowest BCUT2D eigenvalue weighted by atomic mass is 10.2. The van der Waals surface area contributed by atoms with Crippen LogP contribution in [0.2, 0.25) is 0 Å². The molecule has 0 aliphatic heterocycles. The van der Waals surface area contributed by atoms with E-state index in [0.717, 1.165) is 5.56 Å². The Morgan fingerprint density at radius 2 is 1.65 bits per heavy atom. The Labute approximate surface area is 154 Å². The Balaban J connectivity index is 2.11. The van der Waals surface area contributed by atoms with Gasteiger partial charge in [0.15, 0.2) is 21.3 Å². The molecule has 0 N–H and O–H groups in total. The first-order valence-electron chi connectivity index (χ1n) is 8.11. The van der Waals surface area contributed by atoms with E-state index in [2.05, 4.69) is 0 Å². The molecule has 0 atom stereocenters. The summed E-state index contributed by atoms with van der Waals surface area (Å²) in [6.07, 6.45) is 0. The average molecular weight is 377 g/mol. The highest BCUT2D eigenvalue weighted by Gasteiger charge is 2.18. The summed E-state index contributed by atoms with van der Waals surface area (Å²) in [5.41, 5.74) is 0.829. The van der Waals surface area contributed by atoms with Crippen LogP contribution in [0.25, 0.3) is 0 Å². The maximum absolute atomic E-state index is 12.4. The number of nitrogens with zero attached hydrogens (tertiary/aromatic N) is 1. The van der Waals surface area contributed by atoms with Crippen molar-refractivity contribution in [1.82, 2.24) is 4.90 Å². The first kappa shape index (κ1) is 19.8. The van der Waals surface area contributed by atoms with E-state index in [0.29, 0.717) is 18.0 Å². The lowest BCUT2D eigenvalue weighted by molar-refractivity contribution is -0.129. The number of carbonyl (C=O) groups excluding carboxylic acids is 1. The minimum Gasteiger partial charge on any atom is -0.493 e. The second-order valence-corrected chi connectivity index (χ2v) is 7.87. The monoisotopic (exact) mass is 377 g/mol. The molecule has 0 saturated carbocycles. The van der Waals surface area contributed by atoms with Gasteiger partial charge in [0.05, 0.1) is 24.9 Å². The van der Waals surface area contributed by atoms with Crippen LogP contribution in [0.15, 0.2) is 53.4 Å². The molecule has 7 heteroatoms. The smallest absolute Gasteiger partial charge is 0.219 e. The molecule has 6 nitrogen and oxygen atoms in total. The topological polar surface area (TPSA) is 72.9 Å². The van der Waals surface area contributed by atoms with Gasteiger partial charge in [-0.2, -0.15) is 0 Å². The van der Waals surface area contributed by atoms with Crippen LogP contribution in [0.1, 0.15) is 12.5 Å². The van der Waals surface area contributed by atoms with E-state index >= 15 is 0 Å². The Hall–Kier alpha value is -2.54. The number of hydrogen-bond donors (Lipinski definition) is 0. The van der Waals surface area contributed by atoms with Gasteiger partial charge in [0.2, 0.25) is 5.91 Å². The molecule has 2 rings (SSSR count). The summed E-state index contributed by atoms with van der Waals surface area (Å²) in [6.45, 7) is 1.83. The third kappa shape index (κ3) is 4.98. The summed E-state index contributed by atoms with van der Waals surface area (Å²) in [5, 5.41) is 0. The molecule has 0 saturated heterocycles. The minimum atomic E-state index is -3.44. The van der Waals surface area contributed by atoms with Crippen LogP contribution >= 0.6 is 0 Å². The van der Waals surface area contributed by atoms with Crippen LogP contribution in [0, 0.1) is 0 Å². The molecule has 2 aromatic rings. The zero-order valence-electron chi connectivity index (χ0n) is 15.1. The van der Waals surface area contributed by atoms with Crippen molar-refractivity contribution in [3.05, 3.63) is 54.1 Å². The van der Waals surface area contributed by atoms with E-state index in [-0.39, 0.29) is 23.1 Å². The van der Waals surface area contributed by atoms with Crippen molar-refractivity contribution in [3.8, 4) is 11.5 Å². The molecule has 0 fully saturated rings. The number of ether oxygens (including phenoxy) is 2. The fourth-order valence-corrected chi connectivity index (χ4v) is 3.79. The molecule has 0 spiro atoms. The number of methoxy groups -OCH3 is 2.